The Morgan fingerprint density at radius 2 is 2.08 bits per heavy atom. The van der Waals surface area contributed by atoms with Crippen molar-refractivity contribution in [1.29, 1.82) is 0 Å². The number of nitrogens with zero attached hydrogens (tertiary/aromatic N) is 2. The lowest BCUT2D eigenvalue weighted by atomic mass is 10.1. The molecule has 1 aromatic carbocycles. The van der Waals surface area contributed by atoms with Crippen LogP contribution in [0.2, 0.25) is 0 Å². The second kappa shape index (κ2) is 8.05. The number of hydrogen-bond acceptors (Lipinski definition) is 6. The molecule has 2 heterocycles. The van der Waals surface area contributed by atoms with Gasteiger partial charge in [-0.3, -0.25) is 0 Å². The van der Waals surface area contributed by atoms with Crippen LogP contribution in [0, 0.1) is 5.82 Å². The molecule has 0 saturated carbocycles. The Balaban J connectivity index is 1.78. The van der Waals surface area contributed by atoms with Crippen molar-refractivity contribution in [2.45, 2.75) is 26.4 Å². The molecular weight excluding hydrogens is 355 g/mol. The van der Waals surface area contributed by atoms with Crippen molar-refractivity contribution in [2.24, 2.45) is 0 Å². The topological polar surface area (TPSA) is 65.2 Å². The Morgan fingerprint density at radius 1 is 1.31 bits per heavy atom. The predicted molar refractivity (Wildman–Crippen MR) is 96.8 cm³/mol. The first-order valence-electron chi connectivity index (χ1n) is 8.03. The van der Waals surface area contributed by atoms with E-state index in [1.165, 1.54) is 23.5 Å². The highest BCUT2D eigenvalue weighted by molar-refractivity contribution is 7.11. The number of carbonyl (C=O) groups is 1. The molecule has 0 fully saturated rings. The Labute approximate surface area is 154 Å². The first-order valence-corrected chi connectivity index (χ1v) is 8.91. The number of carbonyl (C=O) groups excluding carboxylic acids is 1. The molecule has 0 aliphatic carbocycles. The molecule has 5 nitrogen and oxygen atoms in total. The molecule has 3 rings (SSSR count). The molecule has 0 unspecified atom stereocenters. The predicted octanol–water partition coefficient (Wildman–Crippen LogP) is 4.68. The third-order valence-corrected chi connectivity index (χ3v) is 4.42. The van der Waals surface area contributed by atoms with Gasteiger partial charge in [-0.1, -0.05) is 37.2 Å². The SMILES string of the molecule is CC(C)c1noc(COC(=O)C(=Cc2ccc(F)cc2)c2cccs2)n1. The minimum Gasteiger partial charge on any atom is -0.452 e. The molecule has 0 aliphatic heterocycles. The Morgan fingerprint density at radius 3 is 2.69 bits per heavy atom. The number of hydrogen-bond donors (Lipinski definition) is 0. The fraction of sp³-hybridized carbons (Fsp3) is 0.211. The number of rotatable bonds is 6. The van der Waals surface area contributed by atoms with Crippen LogP contribution >= 0.6 is 11.3 Å². The summed E-state index contributed by atoms with van der Waals surface area (Å²) in [6.07, 6.45) is 1.67. The Bertz CT molecular complexity index is 899. The van der Waals surface area contributed by atoms with E-state index in [1.807, 2.05) is 31.4 Å². The molecule has 3 aromatic rings. The van der Waals surface area contributed by atoms with Gasteiger partial charge in [-0.15, -0.1) is 11.3 Å². The van der Waals surface area contributed by atoms with Crippen molar-refractivity contribution in [3.05, 3.63) is 69.8 Å². The maximum Gasteiger partial charge on any atom is 0.340 e. The zero-order valence-electron chi connectivity index (χ0n) is 14.3. The fourth-order valence-electron chi connectivity index (χ4n) is 2.15. The van der Waals surface area contributed by atoms with E-state index in [-0.39, 0.29) is 24.2 Å². The molecule has 0 atom stereocenters. The zero-order chi connectivity index (χ0) is 18.5. The number of ether oxygens (including phenoxy) is 1. The second-order valence-electron chi connectivity index (χ2n) is 5.86. The van der Waals surface area contributed by atoms with Crippen LogP contribution in [0.25, 0.3) is 11.6 Å². The number of aromatic nitrogens is 2. The number of esters is 1. The summed E-state index contributed by atoms with van der Waals surface area (Å²) in [4.78, 5) is 17.5. The molecule has 0 spiro atoms. The van der Waals surface area contributed by atoms with Crippen molar-refractivity contribution in [2.75, 3.05) is 0 Å². The minimum atomic E-state index is -0.513. The third-order valence-electron chi connectivity index (χ3n) is 3.51. The van der Waals surface area contributed by atoms with E-state index >= 15 is 0 Å². The summed E-state index contributed by atoms with van der Waals surface area (Å²) < 4.78 is 23.5. The normalized spacial score (nSPS) is 11.8. The molecule has 0 aliphatic rings. The standard InChI is InChI=1S/C19H17FN2O3S/c1-12(2)18-21-17(25-22-18)11-24-19(23)15(16-4-3-9-26-16)10-13-5-7-14(20)8-6-13/h3-10,12H,11H2,1-2H3. The van der Waals surface area contributed by atoms with Crippen LogP contribution < -0.4 is 0 Å². The average molecular weight is 372 g/mol. The molecule has 0 N–H and O–H groups in total. The number of thiophene rings is 1. The van der Waals surface area contributed by atoms with E-state index in [0.717, 1.165) is 4.88 Å². The lowest BCUT2D eigenvalue weighted by molar-refractivity contribution is -0.138. The van der Waals surface area contributed by atoms with Gasteiger partial charge < -0.3 is 9.26 Å². The highest BCUT2D eigenvalue weighted by atomic mass is 32.1. The van der Waals surface area contributed by atoms with Gasteiger partial charge in [0.2, 0.25) is 0 Å². The van der Waals surface area contributed by atoms with Gasteiger partial charge in [-0.25, -0.2) is 9.18 Å². The largest absolute Gasteiger partial charge is 0.452 e. The molecule has 0 saturated heterocycles. The highest BCUT2D eigenvalue weighted by Crippen LogP contribution is 2.25. The molecule has 0 radical (unpaired) electrons. The first-order chi connectivity index (χ1) is 12.5. The van der Waals surface area contributed by atoms with Gasteiger partial charge >= 0.3 is 5.97 Å². The van der Waals surface area contributed by atoms with Gasteiger partial charge in [0.15, 0.2) is 12.4 Å². The zero-order valence-corrected chi connectivity index (χ0v) is 15.1. The maximum atomic E-state index is 13.1. The lowest BCUT2D eigenvalue weighted by Crippen LogP contribution is -2.07. The van der Waals surface area contributed by atoms with E-state index in [0.29, 0.717) is 17.0 Å². The number of benzene rings is 1. The van der Waals surface area contributed by atoms with Crippen molar-refractivity contribution in [3.8, 4) is 0 Å². The van der Waals surface area contributed by atoms with E-state index < -0.39 is 5.97 Å². The van der Waals surface area contributed by atoms with Crippen LogP contribution in [-0.4, -0.2) is 16.1 Å². The van der Waals surface area contributed by atoms with Crippen LogP contribution in [0.1, 0.15) is 41.9 Å². The average Bonchev–Trinajstić information content (AvgIpc) is 3.31. The quantitative estimate of drug-likeness (QED) is 0.464. The fourth-order valence-corrected chi connectivity index (χ4v) is 2.88. The van der Waals surface area contributed by atoms with E-state index in [9.17, 15) is 9.18 Å². The molecule has 7 heteroatoms. The summed E-state index contributed by atoms with van der Waals surface area (Å²) >= 11 is 1.42. The van der Waals surface area contributed by atoms with Crippen molar-refractivity contribution in [3.63, 3.8) is 0 Å². The lowest BCUT2D eigenvalue weighted by Gasteiger charge is -2.06. The summed E-state index contributed by atoms with van der Waals surface area (Å²) in [6, 6.07) is 9.56. The van der Waals surface area contributed by atoms with Gasteiger partial charge in [-0.05, 0) is 35.2 Å². The van der Waals surface area contributed by atoms with Crippen LogP contribution in [0.5, 0.6) is 0 Å². The molecule has 0 amide bonds. The smallest absolute Gasteiger partial charge is 0.340 e. The molecule has 0 bridgehead atoms. The Hall–Kier alpha value is -2.80. The highest BCUT2D eigenvalue weighted by Gasteiger charge is 2.17. The first kappa shape index (κ1) is 18.0. The molecule has 26 heavy (non-hydrogen) atoms. The van der Waals surface area contributed by atoms with Crippen LogP contribution in [-0.2, 0) is 16.1 Å². The van der Waals surface area contributed by atoms with E-state index in [4.69, 9.17) is 9.26 Å². The summed E-state index contributed by atoms with van der Waals surface area (Å²) in [5.41, 5.74) is 1.09. The van der Waals surface area contributed by atoms with Crippen LogP contribution in [0.15, 0.2) is 46.3 Å². The monoisotopic (exact) mass is 372 g/mol. The van der Waals surface area contributed by atoms with Gasteiger partial charge in [-0.2, -0.15) is 4.98 Å². The summed E-state index contributed by atoms with van der Waals surface area (Å²) in [5.74, 6) is 0.0924. The number of halogens is 1. The molecule has 2 aromatic heterocycles. The molecular formula is C19H17FN2O3S. The summed E-state index contributed by atoms with van der Waals surface area (Å²) in [7, 11) is 0. The van der Waals surface area contributed by atoms with Crippen molar-refractivity contribution < 1.29 is 18.4 Å². The second-order valence-corrected chi connectivity index (χ2v) is 6.81. The van der Waals surface area contributed by atoms with Crippen molar-refractivity contribution in [1.82, 2.24) is 10.1 Å². The third kappa shape index (κ3) is 4.43. The van der Waals surface area contributed by atoms with Crippen LogP contribution in [0.3, 0.4) is 0 Å². The van der Waals surface area contributed by atoms with Crippen molar-refractivity contribution >= 4 is 29.0 Å². The van der Waals surface area contributed by atoms with Gasteiger partial charge in [0.05, 0.1) is 5.57 Å². The van der Waals surface area contributed by atoms with Gasteiger partial charge in [0, 0.05) is 10.8 Å². The van der Waals surface area contributed by atoms with E-state index in [2.05, 4.69) is 10.1 Å². The Kier molecular flexibility index (Phi) is 5.58. The minimum absolute atomic E-state index is 0.106. The van der Waals surface area contributed by atoms with Crippen LogP contribution in [0.4, 0.5) is 4.39 Å². The summed E-state index contributed by atoms with van der Waals surface area (Å²) in [5, 5.41) is 5.71. The van der Waals surface area contributed by atoms with Gasteiger partial charge in [0.1, 0.15) is 5.82 Å². The maximum absolute atomic E-state index is 13.1. The summed E-state index contributed by atoms with van der Waals surface area (Å²) in [6.45, 7) is 3.78. The molecule has 134 valence electrons. The van der Waals surface area contributed by atoms with E-state index in [1.54, 1.807) is 18.2 Å². The van der Waals surface area contributed by atoms with Gasteiger partial charge in [0.25, 0.3) is 5.89 Å².